The number of benzene rings is 1. The Bertz CT molecular complexity index is 454. The van der Waals surface area contributed by atoms with Gasteiger partial charge in [0.25, 0.3) is 0 Å². The summed E-state index contributed by atoms with van der Waals surface area (Å²) in [5.74, 6) is -0.764. The van der Waals surface area contributed by atoms with Crippen molar-refractivity contribution in [2.75, 3.05) is 27.2 Å². The second-order valence-electron chi connectivity index (χ2n) is 5.79. The number of carboxylic acid groups (broad SMARTS) is 1. The minimum absolute atomic E-state index is 0.109. The van der Waals surface area contributed by atoms with Crippen LogP contribution >= 0.6 is 0 Å². The molecule has 1 aromatic carbocycles. The van der Waals surface area contributed by atoms with E-state index >= 15 is 0 Å². The molecule has 2 rings (SSSR count). The highest BCUT2D eigenvalue weighted by Gasteiger charge is 2.21. The number of rotatable bonds is 5. The fourth-order valence-electron chi connectivity index (χ4n) is 2.88. The molecule has 20 heavy (non-hydrogen) atoms. The van der Waals surface area contributed by atoms with Crippen LogP contribution in [0, 0.1) is 0 Å². The summed E-state index contributed by atoms with van der Waals surface area (Å²) in [5.41, 5.74) is 2.07. The van der Waals surface area contributed by atoms with Crippen molar-refractivity contribution in [1.82, 2.24) is 9.80 Å². The lowest BCUT2D eigenvalue weighted by Crippen LogP contribution is -2.41. The number of piperidine rings is 1. The maximum absolute atomic E-state index is 10.9. The first kappa shape index (κ1) is 15.0. The first-order valence-corrected chi connectivity index (χ1v) is 7.23. The van der Waals surface area contributed by atoms with E-state index in [2.05, 4.69) is 23.9 Å². The van der Waals surface area contributed by atoms with Crippen LogP contribution in [-0.2, 0) is 17.8 Å². The molecule has 1 fully saturated rings. The van der Waals surface area contributed by atoms with E-state index in [1.54, 1.807) is 0 Å². The number of carbonyl (C=O) groups is 1. The standard InChI is InChI=1S/C16H24N2O2/c1-17-9-7-15(8-10-17)18(2)12-14-6-4-3-5-13(14)11-16(19)20/h3-6,15H,7-12H2,1-2H3,(H,19,20). The lowest BCUT2D eigenvalue weighted by Gasteiger charge is -2.35. The van der Waals surface area contributed by atoms with Crippen molar-refractivity contribution < 1.29 is 9.90 Å². The molecule has 4 nitrogen and oxygen atoms in total. The molecule has 0 spiro atoms. The van der Waals surface area contributed by atoms with E-state index in [1.165, 1.54) is 12.8 Å². The van der Waals surface area contributed by atoms with Gasteiger partial charge in [-0.3, -0.25) is 9.69 Å². The first-order chi connectivity index (χ1) is 9.56. The van der Waals surface area contributed by atoms with Gasteiger partial charge in [0.1, 0.15) is 0 Å². The number of nitrogens with zero attached hydrogens (tertiary/aromatic N) is 2. The predicted molar refractivity (Wildman–Crippen MR) is 79.8 cm³/mol. The molecule has 0 amide bonds. The third kappa shape index (κ3) is 4.05. The molecule has 4 heteroatoms. The molecule has 1 N–H and O–H groups in total. The van der Waals surface area contributed by atoms with E-state index < -0.39 is 5.97 Å². The van der Waals surface area contributed by atoms with Crippen LogP contribution in [0.2, 0.25) is 0 Å². The SMILES string of the molecule is CN1CCC(N(C)Cc2ccccc2CC(=O)O)CC1. The summed E-state index contributed by atoms with van der Waals surface area (Å²) < 4.78 is 0. The van der Waals surface area contributed by atoms with E-state index in [1.807, 2.05) is 24.3 Å². The molecule has 1 aliphatic rings. The van der Waals surface area contributed by atoms with Crippen LogP contribution in [0.1, 0.15) is 24.0 Å². The van der Waals surface area contributed by atoms with Crippen LogP contribution in [0.5, 0.6) is 0 Å². The second-order valence-corrected chi connectivity index (χ2v) is 5.79. The summed E-state index contributed by atoms with van der Waals surface area (Å²) >= 11 is 0. The lowest BCUT2D eigenvalue weighted by molar-refractivity contribution is -0.136. The highest BCUT2D eigenvalue weighted by atomic mass is 16.4. The molecule has 0 saturated carbocycles. The molecule has 0 radical (unpaired) electrons. The maximum Gasteiger partial charge on any atom is 0.307 e. The number of hydrogen-bond acceptors (Lipinski definition) is 3. The molecule has 1 heterocycles. The topological polar surface area (TPSA) is 43.8 Å². The van der Waals surface area contributed by atoms with Gasteiger partial charge >= 0.3 is 5.97 Å². The number of carboxylic acids is 1. The van der Waals surface area contributed by atoms with Gasteiger partial charge in [0, 0.05) is 12.6 Å². The van der Waals surface area contributed by atoms with Crippen LogP contribution in [-0.4, -0.2) is 54.1 Å². The molecule has 0 aromatic heterocycles. The third-order valence-corrected chi connectivity index (χ3v) is 4.19. The van der Waals surface area contributed by atoms with Crippen molar-refractivity contribution in [3.8, 4) is 0 Å². The van der Waals surface area contributed by atoms with Crippen molar-refractivity contribution in [3.63, 3.8) is 0 Å². The Morgan fingerprint density at radius 2 is 1.90 bits per heavy atom. The average molecular weight is 276 g/mol. The fraction of sp³-hybridized carbons (Fsp3) is 0.562. The van der Waals surface area contributed by atoms with Gasteiger partial charge in [-0.05, 0) is 51.2 Å². The zero-order valence-electron chi connectivity index (χ0n) is 12.4. The molecule has 1 aliphatic heterocycles. The van der Waals surface area contributed by atoms with E-state index in [0.717, 1.165) is 30.8 Å². The Kier molecular flexibility index (Phi) is 5.15. The Hall–Kier alpha value is -1.39. The largest absolute Gasteiger partial charge is 0.481 e. The molecule has 1 aromatic rings. The Morgan fingerprint density at radius 1 is 1.30 bits per heavy atom. The number of hydrogen-bond donors (Lipinski definition) is 1. The van der Waals surface area contributed by atoms with Gasteiger partial charge in [0.05, 0.1) is 6.42 Å². The molecule has 0 aliphatic carbocycles. The molecular weight excluding hydrogens is 252 g/mol. The second kappa shape index (κ2) is 6.86. The van der Waals surface area contributed by atoms with Crippen LogP contribution < -0.4 is 0 Å². The van der Waals surface area contributed by atoms with Crippen molar-refractivity contribution >= 4 is 5.97 Å². The average Bonchev–Trinajstić information content (AvgIpc) is 2.41. The molecule has 0 unspecified atom stereocenters. The van der Waals surface area contributed by atoms with Crippen molar-refractivity contribution in [2.45, 2.75) is 31.8 Å². The van der Waals surface area contributed by atoms with Gasteiger partial charge < -0.3 is 10.0 Å². The molecule has 110 valence electrons. The smallest absolute Gasteiger partial charge is 0.307 e. The van der Waals surface area contributed by atoms with E-state index in [4.69, 9.17) is 5.11 Å². The zero-order valence-corrected chi connectivity index (χ0v) is 12.4. The summed E-state index contributed by atoms with van der Waals surface area (Å²) in [4.78, 5) is 15.7. The Labute approximate surface area is 121 Å². The number of likely N-dealkylation sites (tertiary alicyclic amines) is 1. The summed E-state index contributed by atoms with van der Waals surface area (Å²) in [6.07, 6.45) is 2.49. The third-order valence-electron chi connectivity index (χ3n) is 4.19. The summed E-state index contributed by atoms with van der Waals surface area (Å²) in [6.45, 7) is 3.12. The Morgan fingerprint density at radius 3 is 2.50 bits per heavy atom. The highest BCUT2D eigenvalue weighted by Crippen LogP contribution is 2.18. The Balaban J connectivity index is 2.00. The molecule has 0 bridgehead atoms. The van der Waals surface area contributed by atoms with Crippen LogP contribution in [0.15, 0.2) is 24.3 Å². The van der Waals surface area contributed by atoms with E-state index in [0.29, 0.717) is 6.04 Å². The monoisotopic (exact) mass is 276 g/mol. The molecule has 1 saturated heterocycles. The van der Waals surface area contributed by atoms with Crippen LogP contribution in [0.4, 0.5) is 0 Å². The molecule has 0 atom stereocenters. The normalized spacial score (nSPS) is 17.6. The minimum atomic E-state index is -0.764. The van der Waals surface area contributed by atoms with Gasteiger partial charge in [0.15, 0.2) is 0 Å². The summed E-state index contributed by atoms with van der Waals surface area (Å²) in [5, 5.41) is 8.98. The van der Waals surface area contributed by atoms with Crippen molar-refractivity contribution in [2.24, 2.45) is 0 Å². The van der Waals surface area contributed by atoms with Crippen LogP contribution in [0.25, 0.3) is 0 Å². The predicted octanol–water partition coefficient (Wildman–Crippen LogP) is 1.84. The van der Waals surface area contributed by atoms with E-state index in [9.17, 15) is 4.79 Å². The van der Waals surface area contributed by atoms with E-state index in [-0.39, 0.29) is 6.42 Å². The lowest BCUT2D eigenvalue weighted by atomic mass is 10.0. The zero-order chi connectivity index (χ0) is 14.5. The minimum Gasteiger partial charge on any atom is -0.481 e. The van der Waals surface area contributed by atoms with Gasteiger partial charge in [-0.25, -0.2) is 0 Å². The summed E-state index contributed by atoms with van der Waals surface area (Å²) in [7, 11) is 4.31. The number of aliphatic carboxylic acids is 1. The highest BCUT2D eigenvalue weighted by molar-refractivity contribution is 5.70. The first-order valence-electron chi connectivity index (χ1n) is 7.23. The van der Waals surface area contributed by atoms with Crippen molar-refractivity contribution in [1.29, 1.82) is 0 Å². The van der Waals surface area contributed by atoms with Gasteiger partial charge in [-0.1, -0.05) is 24.3 Å². The van der Waals surface area contributed by atoms with Gasteiger partial charge in [0.2, 0.25) is 0 Å². The molecular formula is C16H24N2O2. The van der Waals surface area contributed by atoms with Crippen LogP contribution in [0.3, 0.4) is 0 Å². The van der Waals surface area contributed by atoms with Gasteiger partial charge in [-0.15, -0.1) is 0 Å². The maximum atomic E-state index is 10.9. The van der Waals surface area contributed by atoms with Gasteiger partial charge in [-0.2, -0.15) is 0 Å². The quantitative estimate of drug-likeness (QED) is 0.891. The fourth-order valence-corrected chi connectivity index (χ4v) is 2.88. The van der Waals surface area contributed by atoms with Crippen molar-refractivity contribution in [3.05, 3.63) is 35.4 Å². The summed E-state index contributed by atoms with van der Waals surface area (Å²) in [6, 6.07) is 8.47.